The number of carbonyl (C=O) groups is 3. The zero-order valence-electron chi connectivity index (χ0n) is 16.3. The van der Waals surface area contributed by atoms with Gasteiger partial charge in [0.15, 0.2) is 0 Å². The van der Waals surface area contributed by atoms with Gasteiger partial charge in [-0.1, -0.05) is 0 Å². The van der Waals surface area contributed by atoms with Crippen molar-refractivity contribution in [1.82, 2.24) is 10.2 Å². The number of nitrogens with one attached hydrogen (secondary N) is 1. The van der Waals surface area contributed by atoms with Crippen molar-refractivity contribution >= 4 is 23.6 Å². The topological polar surface area (TPSA) is 88.2 Å². The van der Waals surface area contributed by atoms with E-state index < -0.39 is 0 Å². The van der Waals surface area contributed by atoms with E-state index in [0.717, 1.165) is 24.3 Å². The fourth-order valence-corrected chi connectivity index (χ4v) is 3.70. The highest BCUT2D eigenvalue weighted by Gasteiger charge is 2.34. The first-order valence-electron chi connectivity index (χ1n) is 9.68. The van der Waals surface area contributed by atoms with E-state index in [2.05, 4.69) is 5.32 Å². The minimum atomic E-state index is -0.277. The molecule has 0 radical (unpaired) electrons. The van der Waals surface area contributed by atoms with Crippen LogP contribution in [0.2, 0.25) is 0 Å². The normalized spacial score (nSPS) is 22.1. The van der Waals surface area contributed by atoms with Gasteiger partial charge in [0.2, 0.25) is 5.91 Å². The Labute approximate surface area is 164 Å². The number of rotatable bonds is 5. The van der Waals surface area contributed by atoms with E-state index in [1.165, 1.54) is 0 Å². The second kappa shape index (κ2) is 8.95. The lowest BCUT2D eigenvalue weighted by Gasteiger charge is -2.32. The van der Waals surface area contributed by atoms with E-state index in [4.69, 9.17) is 9.47 Å². The monoisotopic (exact) mass is 389 g/mol. The smallest absolute Gasteiger partial charge is 0.317 e. The van der Waals surface area contributed by atoms with Crippen molar-refractivity contribution < 1.29 is 23.9 Å². The molecule has 152 valence electrons. The van der Waals surface area contributed by atoms with Gasteiger partial charge in [-0.25, -0.2) is 4.79 Å². The summed E-state index contributed by atoms with van der Waals surface area (Å²) >= 11 is 0. The number of urea groups is 1. The second-order valence-corrected chi connectivity index (χ2v) is 7.09. The molecule has 2 saturated heterocycles. The first-order chi connectivity index (χ1) is 13.5. The molecular weight excluding hydrogens is 362 g/mol. The summed E-state index contributed by atoms with van der Waals surface area (Å²) in [5.74, 6) is 0.169. The molecule has 1 aromatic carbocycles. The molecule has 28 heavy (non-hydrogen) atoms. The van der Waals surface area contributed by atoms with Gasteiger partial charge in [-0.3, -0.25) is 9.59 Å². The predicted octanol–water partition coefficient (Wildman–Crippen LogP) is 1.79. The van der Waals surface area contributed by atoms with Crippen molar-refractivity contribution in [3.05, 3.63) is 24.3 Å². The third-order valence-corrected chi connectivity index (χ3v) is 5.17. The van der Waals surface area contributed by atoms with E-state index >= 15 is 0 Å². The number of methoxy groups -OCH3 is 1. The maximum absolute atomic E-state index is 12.6. The lowest BCUT2D eigenvalue weighted by atomic mass is 9.98. The van der Waals surface area contributed by atoms with Gasteiger partial charge in [0.05, 0.1) is 25.7 Å². The molecule has 8 nitrogen and oxygen atoms in total. The molecule has 0 saturated carbocycles. The first-order valence-corrected chi connectivity index (χ1v) is 9.68. The van der Waals surface area contributed by atoms with Crippen molar-refractivity contribution in [3.63, 3.8) is 0 Å². The molecule has 2 atom stereocenters. The Balaban J connectivity index is 1.55. The molecule has 0 unspecified atom stereocenters. The van der Waals surface area contributed by atoms with E-state index in [1.54, 1.807) is 36.0 Å². The van der Waals surface area contributed by atoms with Crippen LogP contribution in [0.4, 0.5) is 10.5 Å². The Morgan fingerprint density at radius 2 is 1.96 bits per heavy atom. The van der Waals surface area contributed by atoms with Gasteiger partial charge in [0.25, 0.3) is 0 Å². The van der Waals surface area contributed by atoms with Crippen LogP contribution in [-0.2, 0) is 14.3 Å². The highest BCUT2D eigenvalue weighted by molar-refractivity contribution is 5.96. The Morgan fingerprint density at radius 3 is 2.64 bits per heavy atom. The molecule has 1 aromatic rings. The summed E-state index contributed by atoms with van der Waals surface area (Å²) in [5, 5.41) is 2.94. The van der Waals surface area contributed by atoms with E-state index in [-0.39, 0.29) is 36.3 Å². The van der Waals surface area contributed by atoms with E-state index in [1.807, 2.05) is 12.1 Å². The van der Waals surface area contributed by atoms with Gasteiger partial charge in [0, 0.05) is 31.7 Å². The largest absolute Gasteiger partial charge is 0.497 e. The summed E-state index contributed by atoms with van der Waals surface area (Å²) in [7, 11) is 1.59. The third kappa shape index (κ3) is 4.55. The Morgan fingerprint density at radius 1 is 1.21 bits per heavy atom. The van der Waals surface area contributed by atoms with E-state index in [9.17, 15) is 14.4 Å². The number of amides is 3. The maximum Gasteiger partial charge on any atom is 0.317 e. The van der Waals surface area contributed by atoms with Crippen molar-refractivity contribution in [2.75, 3.05) is 38.3 Å². The van der Waals surface area contributed by atoms with Crippen LogP contribution < -0.4 is 15.0 Å². The molecule has 1 N–H and O–H groups in total. The Hall–Kier alpha value is -2.77. The number of hydrogen-bond acceptors (Lipinski definition) is 5. The molecule has 0 spiro atoms. The minimum Gasteiger partial charge on any atom is -0.497 e. The van der Waals surface area contributed by atoms with Crippen LogP contribution in [0.3, 0.4) is 0 Å². The van der Waals surface area contributed by atoms with Gasteiger partial charge in [-0.05, 0) is 44.0 Å². The third-order valence-electron chi connectivity index (χ3n) is 5.17. The average Bonchev–Trinajstić information content (AvgIpc) is 3.08. The highest BCUT2D eigenvalue weighted by atomic mass is 16.5. The number of anilines is 1. The Bertz CT molecular complexity index is 721. The zero-order chi connectivity index (χ0) is 20.1. The van der Waals surface area contributed by atoms with Crippen molar-refractivity contribution in [3.8, 4) is 5.75 Å². The highest BCUT2D eigenvalue weighted by Crippen LogP contribution is 2.24. The standard InChI is InChI=1S/C20H27N3O5/c1-3-28-19(25)14-5-4-10-22(12-14)20(26)21-15-11-18(24)23(13-15)16-6-8-17(27-2)9-7-16/h6-9,14-15H,3-5,10-13H2,1-2H3,(H,21,26)/t14-,15+/m0/s1. The van der Waals surface area contributed by atoms with Crippen LogP contribution in [-0.4, -0.2) is 62.2 Å². The number of ether oxygens (including phenoxy) is 2. The minimum absolute atomic E-state index is 0.0292. The lowest BCUT2D eigenvalue weighted by molar-refractivity contribution is -0.149. The van der Waals surface area contributed by atoms with Gasteiger partial charge in [0.1, 0.15) is 5.75 Å². The summed E-state index contributed by atoms with van der Waals surface area (Å²) < 4.78 is 10.2. The van der Waals surface area contributed by atoms with Crippen LogP contribution in [0.5, 0.6) is 5.75 Å². The van der Waals surface area contributed by atoms with Gasteiger partial charge < -0.3 is 24.6 Å². The zero-order valence-corrected chi connectivity index (χ0v) is 16.3. The fraction of sp³-hybridized carbons (Fsp3) is 0.550. The predicted molar refractivity (Wildman–Crippen MR) is 103 cm³/mol. The average molecular weight is 389 g/mol. The summed E-state index contributed by atoms with van der Waals surface area (Å²) in [6.07, 6.45) is 1.75. The number of likely N-dealkylation sites (tertiary alicyclic amines) is 1. The SMILES string of the molecule is CCOC(=O)[C@H]1CCCN(C(=O)N[C@@H]2CC(=O)N(c3ccc(OC)cc3)C2)C1. The quantitative estimate of drug-likeness (QED) is 0.776. The summed E-state index contributed by atoms with van der Waals surface area (Å²) in [6.45, 7) is 3.49. The van der Waals surface area contributed by atoms with Gasteiger partial charge in [-0.15, -0.1) is 0 Å². The molecule has 0 bridgehead atoms. The molecule has 0 aromatic heterocycles. The lowest BCUT2D eigenvalue weighted by Crippen LogP contribution is -2.50. The first kappa shape index (κ1) is 20.0. The van der Waals surface area contributed by atoms with Crippen molar-refractivity contribution in [2.45, 2.75) is 32.2 Å². The maximum atomic E-state index is 12.6. The molecule has 3 amide bonds. The van der Waals surface area contributed by atoms with Crippen LogP contribution in [0.25, 0.3) is 0 Å². The molecule has 2 heterocycles. The van der Waals surface area contributed by atoms with Crippen LogP contribution in [0.15, 0.2) is 24.3 Å². The number of esters is 1. The van der Waals surface area contributed by atoms with Crippen molar-refractivity contribution in [1.29, 1.82) is 0 Å². The van der Waals surface area contributed by atoms with Crippen LogP contribution >= 0.6 is 0 Å². The number of piperidine rings is 1. The van der Waals surface area contributed by atoms with Crippen LogP contribution in [0, 0.1) is 5.92 Å². The van der Waals surface area contributed by atoms with Gasteiger partial charge in [-0.2, -0.15) is 0 Å². The molecule has 2 aliphatic heterocycles. The molecule has 8 heteroatoms. The van der Waals surface area contributed by atoms with Gasteiger partial charge >= 0.3 is 12.0 Å². The van der Waals surface area contributed by atoms with Crippen LogP contribution in [0.1, 0.15) is 26.2 Å². The molecule has 0 aliphatic carbocycles. The van der Waals surface area contributed by atoms with E-state index in [0.29, 0.717) is 26.2 Å². The molecule has 2 fully saturated rings. The van der Waals surface area contributed by atoms with Crippen molar-refractivity contribution in [2.24, 2.45) is 5.92 Å². The molecule has 2 aliphatic rings. The Kier molecular flexibility index (Phi) is 6.38. The number of hydrogen-bond donors (Lipinski definition) is 1. The number of benzene rings is 1. The number of nitrogens with zero attached hydrogens (tertiary/aromatic N) is 2. The molecular formula is C20H27N3O5. The molecule has 3 rings (SSSR count). The fourth-order valence-electron chi connectivity index (χ4n) is 3.70. The summed E-state index contributed by atoms with van der Waals surface area (Å²) in [4.78, 5) is 40.3. The summed E-state index contributed by atoms with van der Waals surface area (Å²) in [6, 6.07) is 6.77. The second-order valence-electron chi connectivity index (χ2n) is 7.09. The number of carbonyl (C=O) groups excluding carboxylic acids is 3. The summed E-state index contributed by atoms with van der Waals surface area (Å²) in [5.41, 5.74) is 0.780.